The fourth-order valence-electron chi connectivity index (χ4n) is 4.04. The maximum atomic E-state index is 12.7. The normalized spacial score (nSPS) is 17.9. The third kappa shape index (κ3) is 4.90. The molecule has 29 heavy (non-hydrogen) atoms. The van der Waals surface area contributed by atoms with Crippen LogP contribution in [0.5, 0.6) is 5.75 Å². The van der Waals surface area contributed by atoms with E-state index in [1.54, 1.807) is 18.4 Å². The zero-order valence-corrected chi connectivity index (χ0v) is 18.6. The van der Waals surface area contributed by atoms with Crippen LogP contribution in [0.2, 0.25) is 0 Å². The third-order valence-corrected chi connectivity index (χ3v) is 7.91. The van der Waals surface area contributed by atoms with Gasteiger partial charge in [0, 0.05) is 45.0 Å². The lowest BCUT2D eigenvalue weighted by Crippen LogP contribution is -2.46. The van der Waals surface area contributed by atoms with E-state index in [1.165, 1.54) is 9.90 Å². The zero-order chi connectivity index (χ0) is 20.1. The van der Waals surface area contributed by atoms with Gasteiger partial charge < -0.3 is 14.5 Å². The fourth-order valence-corrected chi connectivity index (χ4v) is 6.15. The summed E-state index contributed by atoms with van der Waals surface area (Å²) in [6.07, 6.45) is 2.21. The number of para-hydroxylation sites is 2. The lowest BCUT2D eigenvalue weighted by atomic mass is 10.2. The molecule has 0 aliphatic carbocycles. The van der Waals surface area contributed by atoms with Crippen molar-refractivity contribution in [2.45, 2.75) is 17.1 Å². The average Bonchev–Trinajstić information content (AvgIpc) is 3.18. The summed E-state index contributed by atoms with van der Waals surface area (Å²) in [5.41, 5.74) is 2.10. The molecule has 5 nitrogen and oxygen atoms in total. The van der Waals surface area contributed by atoms with Gasteiger partial charge >= 0.3 is 0 Å². The lowest BCUT2D eigenvalue weighted by Gasteiger charge is -2.36. The molecule has 0 bridgehead atoms. The number of benzene rings is 1. The van der Waals surface area contributed by atoms with Crippen LogP contribution in [0.25, 0.3) is 0 Å². The number of unbranched alkanes of at least 4 members (excludes halogenated alkanes) is 1. The highest BCUT2D eigenvalue weighted by Gasteiger charge is 2.23. The standard InChI is InChI=1S/C22H29N3O2S2/c1-27-20-7-3-2-6-19(20)24-13-11-23(12-14-24)9-4-5-10-25-15-17-29-22-18(21(25)26)8-16-28-22/h2-3,6-8,16H,4-5,9-15,17H2,1H3. The molecular formula is C22H29N3O2S2. The van der Waals surface area contributed by atoms with Gasteiger partial charge in [0.2, 0.25) is 0 Å². The van der Waals surface area contributed by atoms with Gasteiger partial charge in [-0.2, -0.15) is 0 Å². The first-order valence-corrected chi connectivity index (χ1v) is 12.2. The van der Waals surface area contributed by atoms with Crippen molar-refractivity contribution < 1.29 is 9.53 Å². The van der Waals surface area contributed by atoms with E-state index < -0.39 is 0 Å². The molecule has 7 heteroatoms. The number of nitrogens with zero attached hydrogens (tertiary/aromatic N) is 3. The summed E-state index contributed by atoms with van der Waals surface area (Å²) in [5.74, 6) is 2.18. The van der Waals surface area contributed by atoms with Crippen molar-refractivity contribution in [2.75, 3.05) is 63.6 Å². The molecule has 0 unspecified atom stereocenters. The summed E-state index contributed by atoms with van der Waals surface area (Å²) in [4.78, 5) is 19.7. The lowest BCUT2D eigenvalue weighted by molar-refractivity contribution is 0.0761. The Balaban J connectivity index is 1.19. The van der Waals surface area contributed by atoms with Crippen molar-refractivity contribution in [3.63, 3.8) is 0 Å². The maximum Gasteiger partial charge on any atom is 0.255 e. The molecule has 0 saturated carbocycles. The Bertz CT molecular complexity index is 818. The minimum Gasteiger partial charge on any atom is -0.495 e. The van der Waals surface area contributed by atoms with E-state index in [0.717, 1.165) is 75.7 Å². The Kier molecular flexibility index (Phi) is 7.00. The monoisotopic (exact) mass is 431 g/mol. The largest absolute Gasteiger partial charge is 0.495 e. The van der Waals surface area contributed by atoms with Gasteiger partial charge in [-0.05, 0) is 43.0 Å². The number of amides is 1. The number of fused-ring (bicyclic) bond motifs is 1. The van der Waals surface area contributed by atoms with E-state index in [2.05, 4.69) is 21.9 Å². The van der Waals surface area contributed by atoms with Crippen molar-refractivity contribution in [3.05, 3.63) is 41.3 Å². The first-order valence-electron chi connectivity index (χ1n) is 10.4. The quantitative estimate of drug-likeness (QED) is 0.621. The highest BCUT2D eigenvalue weighted by molar-refractivity contribution is 8.01. The Hall–Kier alpha value is -1.70. The number of ether oxygens (including phenoxy) is 1. The van der Waals surface area contributed by atoms with Crippen molar-refractivity contribution in [2.24, 2.45) is 0 Å². The van der Waals surface area contributed by atoms with E-state index in [0.29, 0.717) is 0 Å². The van der Waals surface area contributed by atoms with Crippen LogP contribution < -0.4 is 9.64 Å². The number of methoxy groups -OCH3 is 1. The summed E-state index contributed by atoms with van der Waals surface area (Å²) >= 11 is 3.51. The number of carbonyl (C=O) groups is 1. The van der Waals surface area contributed by atoms with Gasteiger partial charge in [0.05, 0.1) is 22.6 Å². The molecule has 1 aromatic carbocycles. The molecule has 2 aromatic rings. The zero-order valence-electron chi connectivity index (χ0n) is 17.0. The maximum absolute atomic E-state index is 12.7. The number of thioether (sulfide) groups is 1. The van der Waals surface area contributed by atoms with Crippen molar-refractivity contribution in [3.8, 4) is 5.75 Å². The Labute approximate surface area is 181 Å². The van der Waals surface area contributed by atoms with Gasteiger partial charge in [-0.3, -0.25) is 9.69 Å². The summed E-state index contributed by atoms with van der Waals surface area (Å²) in [7, 11) is 1.74. The minimum absolute atomic E-state index is 0.219. The molecule has 0 N–H and O–H groups in total. The summed E-state index contributed by atoms with van der Waals surface area (Å²) < 4.78 is 6.69. The summed E-state index contributed by atoms with van der Waals surface area (Å²) in [6, 6.07) is 10.2. The smallest absolute Gasteiger partial charge is 0.255 e. The fraction of sp³-hybridized carbons (Fsp3) is 0.500. The SMILES string of the molecule is COc1ccccc1N1CCN(CCCCN2CCSc3sccc3C2=O)CC1. The van der Waals surface area contributed by atoms with Crippen molar-refractivity contribution in [1.29, 1.82) is 0 Å². The van der Waals surface area contributed by atoms with Crippen LogP contribution in [0.1, 0.15) is 23.2 Å². The number of carbonyl (C=O) groups excluding carboxylic acids is 1. The highest BCUT2D eigenvalue weighted by Crippen LogP contribution is 2.32. The Morgan fingerprint density at radius 1 is 1.00 bits per heavy atom. The molecule has 0 atom stereocenters. The number of piperazine rings is 1. The van der Waals surface area contributed by atoms with Crippen molar-refractivity contribution in [1.82, 2.24) is 9.80 Å². The summed E-state index contributed by atoms with van der Waals surface area (Å²) in [6.45, 7) is 7.07. The van der Waals surface area contributed by atoms with Crippen LogP contribution >= 0.6 is 23.1 Å². The van der Waals surface area contributed by atoms with E-state index >= 15 is 0 Å². The molecule has 3 heterocycles. The van der Waals surface area contributed by atoms with Crippen LogP contribution in [0.4, 0.5) is 5.69 Å². The molecule has 0 radical (unpaired) electrons. The van der Waals surface area contributed by atoms with Gasteiger partial charge in [0.15, 0.2) is 0 Å². The Morgan fingerprint density at radius 3 is 2.62 bits per heavy atom. The Morgan fingerprint density at radius 2 is 1.79 bits per heavy atom. The first-order chi connectivity index (χ1) is 14.3. The molecule has 4 rings (SSSR count). The predicted octanol–water partition coefficient (Wildman–Crippen LogP) is 3.91. The molecule has 1 amide bonds. The van der Waals surface area contributed by atoms with Crippen molar-refractivity contribution >= 4 is 34.7 Å². The molecule has 1 aromatic heterocycles. The number of hydrogen-bond acceptors (Lipinski definition) is 6. The van der Waals surface area contributed by atoms with E-state index in [9.17, 15) is 4.79 Å². The van der Waals surface area contributed by atoms with Crippen LogP contribution in [0.3, 0.4) is 0 Å². The predicted molar refractivity (Wildman–Crippen MR) is 122 cm³/mol. The third-order valence-electron chi connectivity index (χ3n) is 5.69. The van der Waals surface area contributed by atoms with Crippen LogP contribution in [-0.2, 0) is 0 Å². The van der Waals surface area contributed by atoms with Gasteiger partial charge in [-0.15, -0.1) is 23.1 Å². The molecule has 1 fully saturated rings. The molecule has 156 valence electrons. The van der Waals surface area contributed by atoms with E-state index in [4.69, 9.17) is 4.74 Å². The molecule has 1 saturated heterocycles. The number of hydrogen-bond donors (Lipinski definition) is 0. The number of thiophene rings is 1. The van der Waals surface area contributed by atoms with Gasteiger partial charge in [0.1, 0.15) is 5.75 Å². The highest BCUT2D eigenvalue weighted by atomic mass is 32.2. The average molecular weight is 432 g/mol. The van der Waals surface area contributed by atoms with Crippen LogP contribution in [0, 0.1) is 0 Å². The number of anilines is 1. The van der Waals surface area contributed by atoms with E-state index in [1.807, 2.05) is 40.2 Å². The van der Waals surface area contributed by atoms with Crippen LogP contribution in [0.15, 0.2) is 39.9 Å². The molecule has 2 aliphatic heterocycles. The second-order valence-corrected chi connectivity index (χ2v) is 9.75. The second-order valence-electron chi connectivity index (χ2n) is 7.47. The second kappa shape index (κ2) is 9.87. The van der Waals surface area contributed by atoms with E-state index in [-0.39, 0.29) is 5.91 Å². The topological polar surface area (TPSA) is 36.0 Å². The number of rotatable bonds is 7. The minimum atomic E-state index is 0.219. The first kappa shape index (κ1) is 20.6. The van der Waals surface area contributed by atoms with Gasteiger partial charge in [-0.25, -0.2) is 0 Å². The molecule has 2 aliphatic rings. The summed E-state index contributed by atoms with van der Waals surface area (Å²) in [5, 5.41) is 2.03. The van der Waals surface area contributed by atoms with Gasteiger partial charge in [0.25, 0.3) is 5.91 Å². The molecule has 0 spiro atoms. The van der Waals surface area contributed by atoms with Crippen LogP contribution in [-0.4, -0.2) is 74.4 Å². The van der Waals surface area contributed by atoms with Gasteiger partial charge in [-0.1, -0.05) is 12.1 Å². The molecular weight excluding hydrogens is 402 g/mol.